The first-order valence-corrected chi connectivity index (χ1v) is 12.7. The molecule has 9 heteroatoms. The first-order chi connectivity index (χ1) is 15.1. The molecule has 0 spiro atoms. The van der Waals surface area contributed by atoms with Crippen LogP contribution in [0, 0.1) is 0 Å². The van der Waals surface area contributed by atoms with Gasteiger partial charge in [0.1, 0.15) is 0 Å². The molecule has 0 aromatic heterocycles. The summed E-state index contributed by atoms with van der Waals surface area (Å²) < 4.78 is 28.6. The van der Waals surface area contributed by atoms with Gasteiger partial charge in [0.25, 0.3) is 0 Å². The van der Waals surface area contributed by atoms with Gasteiger partial charge in [-0.3, -0.25) is 4.79 Å². The molecule has 168 valence electrons. The quantitative estimate of drug-likeness (QED) is 0.380. The van der Waals surface area contributed by atoms with Crippen LogP contribution in [0.5, 0.6) is 0 Å². The summed E-state index contributed by atoms with van der Waals surface area (Å²) in [7, 11) is -3.93. The van der Waals surface area contributed by atoms with Crippen molar-refractivity contribution in [2.75, 3.05) is 6.54 Å². The van der Waals surface area contributed by atoms with Crippen molar-refractivity contribution in [1.29, 1.82) is 0 Å². The maximum absolute atomic E-state index is 13.3. The first-order valence-electron chi connectivity index (χ1n) is 9.70. The van der Waals surface area contributed by atoms with Crippen LogP contribution in [0.2, 0.25) is 10.0 Å². The molecule has 1 unspecified atom stereocenters. The third-order valence-corrected chi connectivity index (χ3v) is 7.63. The third-order valence-electron chi connectivity index (χ3n) is 4.79. The van der Waals surface area contributed by atoms with Gasteiger partial charge in [0.15, 0.2) is 0 Å². The first kappa shape index (κ1) is 24.7. The lowest BCUT2D eigenvalue weighted by Gasteiger charge is -2.23. The Morgan fingerprint density at radius 1 is 0.938 bits per heavy atom. The lowest BCUT2D eigenvalue weighted by atomic mass is 10.1. The fourth-order valence-electron chi connectivity index (χ4n) is 3.06. The molecular formula is C23H21BrCl2N2O3S. The Morgan fingerprint density at radius 2 is 1.47 bits per heavy atom. The number of hydrogen-bond acceptors (Lipinski definition) is 3. The van der Waals surface area contributed by atoms with E-state index in [1.54, 1.807) is 48.5 Å². The highest BCUT2D eigenvalue weighted by atomic mass is 79.9. The number of nitrogens with one attached hydrogen (secondary N) is 1. The summed E-state index contributed by atoms with van der Waals surface area (Å²) in [6.07, 6.45) is 0. The Bertz CT molecular complexity index is 1170. The predicted octanol–water partition coefficient (Wildman–Crippen LogP) is 5.82. The van der Waals surface area contributed by atoms with E-state index in [0.29, 0.717) is 15.6 Å². The van der Waals surface area contributed by atoms with E-state index >= 15 is 0 Å². The van der Waals surface area contributed by atoms with Gasteiger partial charge >= 0.3 is 0 Å². The number of carbonyl (C=O) groups is 1. The van der Waals surface area contributed by atoms with Gasteiger partial charge < -0.3 is 5.32 Å². The van der Waals surface area contributed by atoms with Crippen molar-refractivity contribution in [2.45, 2.75) is 24.4 Å². The number of hydrogen-bond donors (Lipinski definition) is 1. The van der Waals surface area contributed by atoms with Gasteiger partial charge in [-0.25, -0.2) is 8.42 Å². The van der Waals surface area contributed by atoms with E-state index in [9.17, 15) is 13.2 Å². The summed E-state index contributed by atoms with van der Waals surface area (Å²) in [5.41, 5.74) is 1.58. The van der Waals surface area contributed by atoms with Crippen molar-refractivity contribution in [3.05, 3.63) is 98.4 Å². The molecule has 0 saturated carbocycles. The molecule has 0 aliphatic rings. The normalized spacial score (nSPS) is 12.5. The van der Waals surface area contributed by atoms with Gasteiger partial charge in [0, 0.05) is 21.1 Å². The van der Waals surface area contributed by atoms with E-state index in [1.807, 2.05) is 19.1 Å². The van der Waals surface area contributed by atoms with Gasteiger partial charge in [-0.05, 0) is 66.6 Å². The molecule has 0 fully saturated rings. The number of nitrogens with zero attached hydrogens (tertiary/aromatic N) is 1. The van der Waals surface area contributed by atoms with Gasteiger partial charge in [-0.1, -0.05) is 63.4 Å². The van der Waals surface area contributed by atoms with Crippen LogP contribution in [0.3, 0.4) is 0 Å². The highest BCUT2D eigenvalue weighted by molar-refractivity contribution is 9.10. The summed E-state index contributed by atoms with van der Waals surface area (Å²) in [6.45, 7) is 1.52. The molecule has 0 heterocycles. The molecule has 0 aliphatic heterocycles. The zero-order valence-corrected chi connectivity index (χ0v) is 21.0. The Morgan fingerprint density at radius 3 is 2.03 bits per heavy atom. The molecule has 0 saturated heterocycles. The van der Waals surface area contributed by atoms with E-state index in [-0.39, 0.29) is 24.0 Å². The van der Waals surface area contributed by atoms with Crippen LogP contribution in [0.1, 0.15) is 24.1 Å². The second kappa shape index (κ2) is 10.8. The van der Waals surface area contributed by atoms with Crippen molar-refractivity contribution in [2.24, 2.45) is 0 Å². The van der Waals surface area contributed by atoms with Gasteiger partial charge in [0.05, 0.1) is 17.5 Å². The monoisotopic (exact) mass is 554 g/mol. The second-order valence-corrected chi connectivity index (χ2v) is 10.9. The van der Waals surface area contributed by atoms with Crippen molar-refractivity contribution in [3.8, 4) is 0 Å². The number of rotatable bonds is 8. The molecule has 3 rings (SSSR count). The minimum absolute atomic E-state index is 0.0261. The van der Waals surface area contributed by atoms with Crippen LogP contribution < -0.4 is 5.32 Å². The molecular weight excluding hydrogens is 535 g/mol. The summed E-state index contributed by atoms with van der Waals surface area (Å²) in [5, 5.41) is 4.00. The SMILES string of the molecule is CC(NC(=O)CN(Cc1ccc(Cl)cc1)S(=O)(=O)c1ccc(Br)cc1)c1ccc(Cl)cc1. The van der Waals surface area contributed by atoms with E-state index in [0.717, 1.165) is 14.3 Å². The highest BCUT2D eigenvalue weighted by Gasteiger charge is 2.27. The minimum atomic E-state index is -3.93. The van der Waals surface area contributed by atoms with Gasteiger partial charge in [-0.15, -0.1) is 0 Å². The molecule has 1 N–H and O–H groups in total. The Hall–Kier alpha value is -1.90. The molecule has 1 atom stereocenters. The summed E-state index contributed by atoms with van der Waals surface area (Å²) in [6, 6.07) is 19.9. The molecule has 0 radical (unpaired) electrons. The minimum Gasteiger partial charge on any atom is -0.348 e. The lowest BCUT2D eigenvalue weighted by Crippen LogP contribution is -2.41. The Balaban J connectivity index is 1.82. The van der Waals surface area contributed by atoms with Crippen LogP contribution in [-0.2, 0) is 21.4 Å². The largest absolute Gasteiger partial charge is 0.348 e. The lowest BCUT2D eigenvalue weighted by molar-refractivity contribution is -0.122. The molecule has 5 nitrogen and oxygen atoms in total. The van der Waals surface area contributed by atoms with Gasteiger partial charge in [-0.2, -0.15) is 4.31 Å². The average molecular weight is 556 g/mol. The molecule has 3 aromatic rings. The summed E-state index contributed by atoms with van der Waals surface area (Å²) in [4.78, 5) is 12.9. The number of amides is 1. The van der Waals surface area contributed by atoms with E-state index in [1.165, 1.54) is 12.1 Å². The van der Waals surface area contributed by atoms with Crippen LogP contribution in [0.15, 0.2) is 82.2 Å². The Kier molecular flexibility index (Phi) is 8.36. The smallest absolute Gasteiger partial charge is 0.243 e. The van der Waals surface area contributed by atoms with Crippen LogP contribution in [0.25, 0.3) is 0 Å². The second-order valence-electron chi connectivity index (χ2n) is 7.19. The summed E-state index contributed by atoms with van der Waals surface area (Å²) >= 11 is 15.2. The fourth-order valence-corrected chi connectivity index (χ4v) is 4.96. The van der Waals surface area contributed by atoms with Crippen LogP contribution in [0.4, 0.5) is 0 Å². The zero-order valence-electron chi connectivity index (χ0n) is 17.1. The van der Waals surface area contributed by atoms with E-state index in [4.69, 9.17) is 23.2 Å². The number of sulfonamides is 1. The molecule has 0 aliphatic carbocycles. The average Bonchev–Trinajstić information content (AvgIpc) is 2.75. The Labute approximate surface area is 206 Å². The van der Waals surface area contributed by atoms with Gasteiger partial charge in [0.2, 0.25) is 15.9 Å². The number of carbonyl (C=O) groups excluding carboxylic acids is 1. The summed E-state index contributed by atoms with van der Waals surface area (Å²) in [5.74, 6) is -0.415. The third kappa shape index (κ3) is 6.56. The van der Waals surface area contributed by atoms with Crippen LogP contribution in [-0.4, -0.2) is 25.2 Å². The molecule has 0 bridgehead atoms. The number of halogens is 3. The fraction of sp³-hybridized carbons (Fsp3) is 0.174. The number of benzene rings is 3. The molecule has 1 amide bonds. The topological polar surface area (TPSA) is 66.5 Å². The maximum atomic E-state index is 13.3. The molecule has 3 aromatic carbocycles. The van der Waals surface area contributed by atoms with Crippen molar-refractivity contribution >= 4 is 55.1 Å². The maximum Gasteiger partial charge on any atom is 0.243 e. The van der Waals surface area contributed by atoms with Crippen LogP contribution >= 0.6 is 39.1 Å². The zero-order chi connectivity index (χ0) is 23.3. The van der Waals surface area contributed by atoms with Crippen molar-refractivity contribution < 1.29 is 13.2 Å². The predicted molar refractivity (Wildman–Crippen MR) is 131 cm³/mol. The van der Waals surface area contributed by atoms with Crippen molar-refractivity contribution in [3.63, 3.8) is 0 Å². The van der Waals surface area contributed by atoms with E-state index < -0.39 is 15.9 Å². The standard InChI is InChI=1S/C23H21BrCl2N2O3S/c1-16(18-4-10-21(26)11-5-18)27-23(29)15-28(14-17-2-8-20(25)9-3-17)32(30,31)22-12-6-19(24)7-13-22/h2-13,16H,14-15H2,1H3,(H,27,29). The van der Waals surface area contributed by atoms with Crippen molar-refractivity contribution in [1.82, 2.24) is 9.62 Å². The highest BCUT2D eigenvalue weighted by Crippen LogP contribution is 2.22. The van der Waals surface area contributed by atoms with E-state index in [2.05, 4.69) is 21.2 Å². The molecule has 32 heavy (non-hydrogen) atoms.